The first-order chi connectivity index (χ1) is 8.82. The number of carbonyl (C=O) groups is 1. The maximum Gasteiger partial charge on any atom is 0.435 e. The normalized spacial score (nSPS) is 11.6. The molecule has 2 rings (SSSR count). The first-order valence-corrected chi connectivity index (χ1v) is 5.55. The van der Waals surface area contributed by atoms with Crippen LogP contribution in [0.15, 0.2) is 24.3 Å². The highest BCUT2D eigenvalue weighted by molar-refractivity contribution is 6.67. The third-order valence-corrected chi connectivity index (χ3v) is 2.70. The van der Waals surface area contributed by atoms with Crippen molar-refractivity contribution in [3.8, 4) is 5.69 Å². The van der Waals surface area contributed by atoms with Gasteiger partial charge >= 0.3 is 6.18 Å². The van der Waals surface area contributed by atoms with E-state index in [1.807, 2.05) is 0 Å². The smallest absolute Gasteiger partial charge is 0.274 e. The SMILES string of the molecule is O=C(Cl)c1nnn(-c2ccccc2Cl)c1C(F)(F)F. The van der Waals surface area contributed by atoms with E-state index in [1.54, 1.807) is 6.07 Å². The van der Waals surface area contributed by atoms with Crippen LogP contribution in [-0.2, 0) is 6.18 Å². The molecule has 19 heavy (non-hydrogen) atoms. The number of hydrogen-bond donors (Lipinski definition) is 0. The Morgan fingerprint density at radius 3 is 2.42 bits per heavy atom. The predicted molar refractivity (Wildman–Crippen MR) is 61.6 cm³/mol. The van der Waals surface area contributed by atoms with Crippen LogP contribution < -0.4 is 0 Å². The Labute approximate surface area is 114 Å². The van der Waals surface area contributed by atoms with Crippen molar-refractivity contribution in [2.75, 3.05) is 0 Å². The number of nitrogens with zero attached hydrogens (tertiary/aromatic N) is 3. The summed E-state index contributed by atoms with van der Waals surface area (Å²) < 4.78 is 39.3. The zero-order valence-corrected chi connectivity index (χ0v) is 10.5. The minimum atomic E-state index is -4.84. The minimum Gasteiger partial charge on any atom is -0.274 e. The lowest BCUT2D eigenvalue weighted by molar-refractivity contribution is -0.143. The second-order valence-corrected chi connectivity index (χ2v) is 4.17. The zero-order valence-electron chi connectivity index (χ0n) is 8.95. The van der Waals surface area contributed by atoms with Gasteiger partial charge in [0.1, 0.15) is 0 Å². The lowest BCUT2D eigenvalue weighted by Gasteiger charge is -2.10. The number of carbonyl (C=O) groups excluding carboxylic acids is 1. The molecule has 0 saturated carbocycles. The maximum atomic E-state index is 13.0. The van der Waals surface area contributed by atoms with Crippen LogP contribution in [0.2, 0.25) is 5.02 Å². The third-order valence-electron chi connectivity index (χ3n) is 2.21. The molecular weight excluding hydrogens is 306 g/mol. The van der Waals surface area contributed by atoms with Gasteiger partial charge in [0.2, 0.25) is 0 Å². The predicted octanol–water partition coefficient (Wildman–Crippen LogP) is 3.32. The van der Waals surface area contributed by atoms with Crippen LogP contribution >= 0.6 is 23.2 Å². The molecule has 0 saturated heterocycles. The van der Waals surface area contributed by atoms with Crippen molar-refractivity contribution < 1.29 is 18.0 Å². The van der Waals surface area contributed by atoms with Crippen LogP contribution in [0.4, 0.5) is 13.2 Å². The molecule has 9 heteroatoms. The van der Waals surface area contributed by atoms with Crippen LogP contribution in [-0.4, -0.2) is 20.2 Å². The summed E-state index contributed by atoms with van der Waals surface area (Å²) in [6, 6.07) is 5.73. The van der Waals surface area contributed by atoms with Gasteiger partial charge in [-0.15, -0.1) is 5.10 Å². The molecule has 0 amide bonds. The molecule has 0 aliphatic rings. The lowest BCUT2D eigenvalue weighted by Crippen LogP contribution is -2.16. The van der Waals surface area contributed by atoms with E-state index < -0.39 is 22.8 Å². The van der Waals surface area contributed by atoms with Crippen LogP contribution in [0.25, 0.3) is 5.69 Å². The minimum absolute atomic E-state index is 0.0338. The topological polar surface area (TPSA) is 47.8 Å². The molecule has 0 N–H and O–H groups in total. The largest absolute Gasteiger partial charge is 0.435 e. The second kappa shape index (κ2) is 4.82. The third kappa shape index (κ3) is 2.57. The summed E-state index contributed by atoms with van der Waals surface area (Å²) in [5.41, 5.74) is -2.37. The van der Waals surface area contributed by atoms with Gasteiger partial charge in [0.05, 0.1) is 10.7 Å². The number of hydrogen-bond acceptors (Lipinski definition) is 3. The van der Waals surface area contributed by atoms with Gasteiger partial charge in [0, 0.05) is 0 Å². The Kier molecular flexibility index (Phi) is 3.51. The molecule has 0 aliphatic carbocycles. The standard InChI is InChI=1S/C10H4Cl2F3N3O/c11-5-3-1-2-4-6(5)18-8(10(13,14)15)7(9(12)19)16-17-18/h1-4H. The number of rotatable bonds is 2. The van der Waals surface area contributed by atoms with E-state index in [2.05, 4.69) is 10.3 Å². The molecule has 0 spiro atoms. The summed E-state index contributed by atoms with van der Waals surface area (Å²) in [7, 11) is 0. The van der Waals surface area contributed by atoms with Crippen LogP contribution in [0.5, 0.6) is 0 Å². The van der Waals surface area contributed by atoms with E-state index in [0.29, 0.717) is 4.68 Å². The highest BCUT2D eigenvalue weighted by Crippen LogP contribution is 2.34. The Morgan fingerprint density at radius 2 is 1.89 bits per heavy atom. The molecular formula is C10H4Cl2F3N3O. The summed E-state index contributed by atoms with van der Waals surface area (Å²) in [5, 5.41) is 5.14. The Hall–Kier alpha value is -1.60. The first kappa shape index (κ1) is 13.8. The van der Waals surface area contributed by atoms with Crippen molar-refractivity contribution in [1.29, 1.82) is 0 Å². The summed E-state index contributed by atoms with van der Waals surface area (Å²) in [4.78, 5) is 11.0. The molecule has 4 nitrogen and oxygen atoms in total. The van der Waals surface area contributed by atoms with Gasteiger partial charge in [-0.05, 0) is 23.7 Å². The lowest BCUT2D eigenvalue weighted by atomic mass is 10.3. The monoisotopic (exact) mass is 309 g/mol. The quantitative estimate of drug-likeness (QED) is 0.800. The Morgan fingerprint density at radius 1 is 1.26 bits per heavy atom. The van der Waals surface area contributed by atoms with Crippen LogP contribution in [0.1, 0.15) is 16.2 Å². The molecule has 0 fully saturated rings. The summed E-state index contributed by atoms with van der Waals surface area (Å²) in [6.07, 6.45) is -4.84. The van der Waals surface area contributed by atoms with E-state index >= 15 is 0 Å². The molecule has 0 aliphatic heterocycles. The van der Waals surface area contributed by atoms with Crippen molar-refractivity contribution in [3.63, 3.8) is 0 Å². The number of para-hydroxylation sites is 1. The average Bonchev–Trinajstić information content (AvgIpc) is 2.73. The van der Waals surface area contributed by atoms with Crippen molar-refractivity contribution in [2.24, 2.45) is 0 Å². The van der Waals surface area contributed by atoms with Crippen molar-refractivity contribution in [3.05, 3.63) is 40.7 Å². The van der Waals surface area contributed by atoms with Gasteiger partial charge in [0.15, 0.2) is 11.4 Å². The van der Waals surface area contributed by atoms with E-state index in [1.165, 1.54) is 18.2 Å². The van der Waals surface area contributed by atoms with Gasteiger partial charge in [-0.2, -0.15) is 13.2 Å². The fraction of sp³-hybridized carbons (Fsp3) is 0.100. The molecule has 0 radical (unpaired) electrons. The fourth-order valence-electron chi connectivity index (χ4n) is 1.46. The number of alkyl halides is 3. The van der Waals surface area contributed by atoms with Gasteiger partial charge in [-0.1, -0.05) is 28.9 Å². The fourth-order valence-corrected chi connectivity index (χ4v) is 1.80. The average molecular weight is 310 g/mol. The molecule has 2 aromatic rings. The van der Waals surface area contributed by atoms with Gasteiger partial charge in [0.25, 0.3) is 5.24 Å². The summed E-state index contributed by atoms with van der Waals surface area (Å²) in [6.45, 7) is 0. The molecule has 1 aromatic carbocycles. The molecule has 1 heterocycles. The van der Waals surface area contributed by atoms with Gasteiger partial charge in [-0.3, -0.25) is 4.79 Å². The van der Waals surface area contributed by atoms with Crippen LogP contribution in [0.3, 0.4) is 0 Å². The van der Waals surface area contributed by atoms with E-state index in [0.717, 1.165) is 0 Å². The Balaban J connectivity index is 2.73. The summed E-state index contributed by atoms with van der Waals surface area (Å²) in [5.74, 6) is 0. The molecule has 1 aromatic heterocycles. The van der Waals surface area contributed by atoms with E-state index in [9.17, 15) is 18.0 Å². The van der Waals surface area contributed by atoms with Crippen molar-refractivity contribution in [1.82, 2.24) is 15.0 Å². The van der Waals surface area contributed by atoms with Crippen LogP contribution in [0, 0.1) is 0 Å². The second-order valence-electron chi connectivity index (χ2n) is 3.42. The van der Waals surface area contributed by atoms with Crippen molar-refractivity contribution >= 4 is 28.4 Å². The molecule has 0 atom stereocenters. The highest BCUT2D eigenvalue weighted by atomic mass is 35.5. The highest BCUT2D eigenvalue weighted by Gasteiger charge is 2.41. The first-order valence-electron chi connectivity index (χ1n) is 4.80. The molecule has 0 bridgehead atoms. The Bertz CT molecular complexity index is 639. The van der Waals surface area contributed by atoms with Crippen molar-refractivity contribution in [2.45, 2.75) is 6.18 Å². The number of halogens is 5. The molecule has 100 valence electrons. The van der Waals surface area contributed by atoms with Gasteiger partial charge in [-0.25, -0.2) is 4.68 Å². The van der Waals surface area contributed by atoms with E-state index in [-0.39, 0.29) is 10.7 Å². The maximum absolute atomic E-state index is 13.0. The summed E-state index contributed by atoms with van der Waals surface area (Å²) >= 11 is 10.9. The van der Waals surface area contributed by atoms with E-state index in [4.69, 9.17) is 23.2 Å². The number of benzene rings is 1. The number of aromatic nitrogens is 3. The zero-order chi connectivity index (χ0) is 14.2. The van der Waals surface area contributed by atoms with Gasteiger partial charge < -0.3 is 0 Å². The molecule has 0 unspecified atom stereocenters.